The van der Waals surface area contributed by atoms with E-state index < -0.39 is 0 Å². The molecule has 0 fully saturated rings. The first-order chi connectivity index (χ1) is 7.27. The molecular weight excluding hydrogens is 199 g/mol. The number of benzene rings is 1. The molecule has 0 aliphatic carbocycles. The van der Waals surface area contributed by atoms with Crippen LogP contribution in [0, 0.1) is 5.82 Å². The smallest absolute Gasteiger partial charge is 0.125 e. The molecule has 0 saturated heterocycles. The predicted molar refractivity (Wildman–Crippen MR) is 54.3 cm³/mol. The Labute approximate surface area is 88.4 Å². The summed E-state index contributed by atoms with van der Waals surface area (Å²) in [5.74, 6) is 0.151. The molecule has 15 heavy (non-hydrogen) atoms. The Morgan fingerprint density at radius 3 is 2.80 bits per heavy atom. The number of rotatable bonds is 6. The van der Waals surface area contributed by atoms with Crippen molar-refractivity contribution in [3.63, 3.8) is 0 Å². The summed E-state index contributed by atoms with van der Waals surface area (Å²) in [6, 6.07) is 4.10. The van der Waals surface area contributed by atoms with Gasteiger partial charge in [-0.3, -0.25) is 0 Å². The monoisotopic (exact) mass is 214 g/mol. The lowest BCUT2D eigenvalue weighted by Crippen LogP contribution is -2.03. The fraction of sp³-hybridized carbons (Fsp3) is 0.455. The molecule has 0 atom stereocenters. The van der Waals surface area contributed by atoms with Gasteiger partial charge in [0.2, 0.25) is 0 Å². The molecular formula is C11H15FO3. The van der Waals surface area contributed by atoms with Crippen molar-refractivity contribution in [1.29, 1.82) is 0 Å². The number of hydrogen-bond donors (Lipinski definition) is 1. The predicted octanol–water partition coefficient (Wildman–Crippen LogP) is 1.73. The highest BCUT2D eigenvalue weighted by atomic mass is 19.1. The third kappa shape index (κ3) is 3.85. The molecule has 0 amide bonds. The molecule has 0 aromatic heterocycles. The minimum absolute atomic E-state index is 0.225. The van der Waals surface area contributed by atoms with Crippen LogP contribution in [0.15, 0.2) is 18.2 Å². The van der Waals surface area contributed by atoms with Crippen LogP contribution in [0.5, 0.6) is 5.75 Å². The van der Waals surface area contributed by atoms with Gasteiger partial charge in [-0.15, -0.1) is 0 Å². The van der Waals surface area contributed by atoms with Gasteiger partial charge < -0.3 is 14.6 Å². The van der Waals surface area contributed by atoms with Crippen molar-refractivity contribution in [3.8, 4) is 5.75 Å². The first kappa shape index (κ1) is 11.9. The van der Waals surface area contributed by atoms with E-state index in [1.54, 1.807) is 7.11 Å². The van der Waals surface area contributed by atoms with E-state index in [0.717, 1.165) is 6.42 Å². The summed E-state index contributed by atoms with van der Waals surface area (Å²) < 4.78 is 23.0. The Morgan fingerprint density at radius 1 is 1.33 bits per heavy atom. The maximum absolute atomic E-state index is 12.8. The first-order valence-corrected chi connectivity index (χ1v) is 4.79. The lowest BCUT2D eigenvalue weighted by molar-refractivity contribution is 0.170. The summed E-state index contributed by atoms with van der Waals surface area (Å²) in [7, 11) is 1.62. The third-order valence-electron chi connectivity index (χ3n) is 1.94. The van der Waals surface area contributed by atoms with Crippen LogP contribution in [-0.2, 0) is 11.3 Å². The standard InChI is InChI=1S/C11H15FO3/c1-14-5-2-6-15-11-4-3-10(12)7-9(11)8-13/h3-4,7,13H,2,5-6,8H2,1H3. The average molecular weight is 214 g/mol. The molecule has 84 valence electrons. The molecule has 1 N–H and O–H groups in total. The van der Waals surface area contributed by atoms with Gasteiger partial charge in [0, 0.05) is 25.7 Å². The van der Waals surface area contributed by atoms with E-state index in [4.69, 9.17) is 14.6 Å². The molecule has 0 aliphatic rings. The van der Waals surface area contributed by atoms with Crippen molar-refractivity contribution in [2.75, 3.05) is 20.3 Å². The highest BCUT2D eigenvalue weighted by molar-refractivity contribution is 5.33. The maximum Gasteiger partial charge on any atom is 0.125 e. The van der Waals surface area contributed by atoms with Gasteiger partial charge in [0.1, 0.15) is 11.6 Å². The van der Waals surface area contributed by atoms with Gasteiger partial charge in [0.05, 0.1) is 13.2 Å². The van der Waals surface area contributed by atoms with E-state index in [-0.39, 0.29) is 12.4 Å². The molecule has 0 bridgehead atoms. The van der Waals surface area contributed by atoms with Crippen molar-refractivity contribution in [1.82, 2.24) is 0 Å². The maximum atomic E-state index is 12.8. The summed E-state index contributed by atoms with van der Waals surface area (Å²) in [6.07, 6.45) is 0.763. The molecule has 0 aliphatic heterocycles. The van der Waals surface area contributed by atoms with Crippen molar-refractivity contribution in [2.24, 2.45) is 0 Å². The summed E-state index contributed by atoms with van der Waals surface area (Å²) >= 11 is 0. The van der Waals surface area contributed by atoms with Crippen molar-refractivity contribution >= 4 is 0 Å². The molecule has 1 aromatic rings. The molecule has 1 rings (SSSR count). The van der Waals surface area contributed by atoms with Crippen LogP contribution in [0.3, 0.4) is 0 Å². The number of halogens is 1. The van der Waals surface area contributed by atoms with Crippen LogP contribution >= 0.6 is 0 Å². The van der Waals surface area contributed by atoms with Gasteiger partial charge in [-0.1, -0.05) is 0 Å². The minimum Gasteiger partial charge on any atom is -0.493 e. The van der Waals surface area contributed by atoms with Gasteiger partial charge in [0.25, 0.3) is 0 Å². The summed E-state index contributed by atoms with van der Waals surface area (Å²) in [4.78, 5) is 0. The number of hydrogen-bond acceptors (Lipinski definition) is 3. The van der Waals surface area contributed by atoms with Gasteiger partial charge in [0.15, 0.2) is 0 Å². The second-order valence-electron chi connectivity index (χ2n) is 3.10. The minimum atomic E-state index is -0.372. The topological polar surface area (TPSA) is 38.7 Å². The van der Waals surface area contributed by atoms with Gasteiger partial charge in [-0.25, -0.2) is 4.39 Å². The average Bonchev–Trinajstić information content (AvgIpc) is 2.26. The zero-order valence-corrected chi connectivity index (χ0v) is 8.70. The summed E-state index contributed by atoms with van der Waals surface area (Å²) in [5, 5.41) is 8.97. The Kier molecular flexibility index (Phi) is 5.07. The van der Waals surface area contributed by atoms with E-state index in [1.807, 2.05) is 0 Å². The van der Waals surface area contributed by atoms with E-state index in [9.17, 15) is 4.39 Å². The molecule has 1 aromatic carbocycles. The van der Waals surface area contributed by atoms with Crippen molar-refractivity contribution in [2.45, 2.75) is 13.0 Å². The van der Waals surface area contributed by atoms with E-state index in [1.165, 1.54) is 18.2 Å². The molecule has 0 heterocycles. The first-order valence-electron chi connectivity index (χ1n) is 4.79. The van der Waals surface area contributed by atoms with Crippen molar-refractivity contribution < 1.29 is 19.0 Å². The van der Waals surface area contributed by atoms with Crippen LogP contribution in [0.25, 0.3) is 0 Å². The Balaban J connectivity index is 2.52. The fourth-order valence-electron chi connectivity index (χ4n) is 1.20. The number of aliphatic hydroxyl groups is 1. The molecule has 0 saturated carbocycles. The summed E-state index contributed by atoms with van der Waals surface area (Å²) in [6.45, 7) is 0.888. The molecule has 0 spiro atoms. The molecule has 0 radical (unpaired) electrons. The number of ether oxygens (including phenoxy) is 2. The highest BCUT2D eigenvalue weighted by Crippen LogP contribution is 2.19. The van der Waals surface area contributed by atoms with Gasteiger partial charge in [-0.05, 0) is 18.2 Å². The summed E-state index contributed by atoms with van der Waals surface area (Å²) in [5.41, 5.74) is 0.465. The molecule has 0 unspecified atom stereocenters. The van der Waals surface area contributed by atoms with Crippen LogP contribution in [0.4, 0.5) is 4.39 Å². The van der Waals surface area contributed by atoms with Crippen LogP contribution < -0.4 is 4.74 Å². The quantitative estimate of drug-likeness (QED) is 0.733. The van der Waals surface area contributed by atoms with Crippen LogP contribution in [-0.4, -0.2) is 25.4 Å². The SMILES string of the molecule is COCCCOc1ccc(F)cc1CO. The zero-order valence-electron chi connectivity index (χ0n) is 8.70. The second-order valence-corrected chi connectivity index (χ2v) is 3.10. The Bertz CT molecular complexity index is 302. The van der Waals surface area contributed by atoms with E-state index >= 15 is 0 Å². The van der Waals surface area contributed by atoms with E-state index in [0.29, 0.717) is 24.5 Å². The van der Waals surface area contributed by atoms with Crippen LogP contribution in [0.1, 0.15) is 12.0 Å². The van der Waals surface area contributed by atoms with Gasteiger partial charge in [-0.2, -0.15) is 0 Å². The number of aliphatic hydroxyl groups excluding tert-OH is 1. The number of methoxy groups -OCH3 is 1. The van der Waals surface area contributed by atoms with E-state index in [2.05, 4.69) is 0 Å². The Morgan fingerprint density at radius 2 is 2.13 bits per heavy atom. The lowest BCUT2D eigenvalue weighted by Gasteiger charge is -2.09. The second kappa shape index (κ2) is 6.37. The lowest BCUT2D eigenvalue weighted by atomic mass is 10.2. The van der Waals surface area contributed by atoms with Crippen LogP contribution in [0.2, 0.25) is 0 Å². The zero-order chi connectivity index (χ0) is 11.1. The normalized spacial score (nSPS) is 10.3. The van der Waals surface area contributed by atoms with Gasteiger partial charge >= 0.3 is 0 Å². The fourth-order valence-corrected chi connectivity index (χ4v) is 1.20. The molecule has 3 nitrogen and oxygen atoms in total. The highest BCUT2D eigenvalue weighted by Gasteiger charge is 2.03. The largest absolute Gasteiger partial charge is 0.493 e. The van der Waals surface area contributed by atoms with Crippen molar-refractivity contribution in [3.05, 3.63) is 29.6 Å². The Hall–Kier alpha value is -1.13. The molecule has 4 heteroatoms. The third-order valence-corrected chi connectivity index (χ3v) is 1.94.